The fourth-order valence-electron chi connectivity index (χ4n) is 3.19. The number of nitrogens with zero attached hydrogens (tertiary/aromatic N) is 2. The fourth-order valence-corrected chi connectivity index (χ4v) is 3.19. The van der Waals surface area contributed by atoms with Crippen LogP contribution in [0.1, 0.15) is 18.0 Å². The van der Waals surface area contributed by atoms with Crippen molar-refractivity contribution >= 4 is 17.2 Å². The van der Waals surface area contributed by atoms with Gasteiger partial charge in [-0.05, 0) is 42.0 Å². The van der Waals surface area contributed by atoms with Gasteiger partial charge in [-0.2, -0.15) is 0 Å². The highest BCUT2D eigenvalue weighted by Gasteiger charge is 2.36. The molecule has 0 N–H and O–H groups in total. The Balaban J connectivity index is 1.67. The van der Waals surface area contributed by atoms with Gasteiger partial charge in [-0.15, -0.1) is 0 Å². The first-order valence-electron chi connectivity index (χ1n) is 8.46. The highest BCUT2D eigenvalue weighted by Crippen LogP contribution is 2.40. The molecule has 3 aromatic rings. The van der Waals surface area contributed by atoms with Crippen LogP contribution < -0.4 is 9.64 Å². The van der Waals surface area contributed by atoms with Crippen LogP contribution in [0.2, 0.25) is 0 Å². The van der Waals surface area contributed by atoms with Crippen LogP contribution in [0.3, 0.4) is 0 Å². The first-order valence-corrected chi connectivity index (χ1v) is 8.46. The van der Waals surface area contributed by atoms with Crippen molar-refractivity contribution in [1.82, 2.24) is 0 Å². The first kappa shape index (κ1) is 15.5. The minimum atomic E-state index is 0.302. The zero-order valence-electron chi connectivity index (χ0n) is 14.2. The maximum absolute atomic E-state index is 5.27. The number of hydrogen-bond donors (Lipinski definition) is 0. The summed E-state index contributed by atoms with van der Waals surface area (Å²) in [7, 11) is 1.69. The smallest absolute Gasteiger partial charge is 0.118 e. The quantitative estimate of drug-likeness (QED) is 0.642. The molecule has 0 saturated carbocycles. The normalized spacial score (nSPS) is 18.0. The molecule has 1 atom stereocenters. The van der Waals surface area contributed by atoms with Gasteiger partial charge in [-0.25, -0.2) is 4.99 Å². The zero-order valence-corrected chi connectivity index (χ0v) is 14.2. The number of ether oxygens (including phenoxy) is 1. The Kier molecular flexibility index (Phi) is 4.21. The summed E-state index contributed by atoms with van der Waals surface area (Å²) in [6, 6.07) is 29.2. The van der Waals surface area contributed by atoms with E-state index in [-0.39, 0.29) is 0 Å². The lowest BCUT2D eigenvalue weighted by molar-refractivity contribution is 0.414. The van der Waals surface area contributed by atoms with Crippen LogP contribution in [0.4, 0.5) is 11.4 Å². The highest BCUT2D eigenvalue weighted by molar-refractivity contribution is 6.06. The van der Waals surface area contributed by atoms with E-state index in [9.17, 15) is 0 Å². The molecular formula is C22H20N2O. The molecule has 1 fully saturated rings. The average molecular weight is 328 g/mol. The van der Waals surface area contributed by atoms with Crippen LogP contribution in [-0.2, 0) is 0 Å². The molecule has 3 heteroatoms. The van der Waals surface area contributed by atoms with Gasteiger partial charge < -0.3 is 9.64 Å². The van der Waals surface area contributed by atoms with Crippen molar-refractivity contribution in [3.8, 4) is 5.75 Å². The van der Waals surface area contributed by atoms with Crippen molar-refractivity contribution in [3.05, 3.63) is 90.5 Å². The Morgan fingerprint density at radius 3 is 2.12 bits per heavy atom. The molecule has 25 heavy (non-hydrogen) atoms. The van der Waals surface area contributed by atoms with E-state index in [4.69, 9.17) is 9.73 Å². The van der Waals surface area contributed by atoms with Gasteiger partial charge in [0.15, 0.2) is 0 Å². The van der Waals surface area contributed by atoms with E-state index in [1.165, 1.54) is 11.3 Å². The van der Waals surface area contributed by atoms with Crippen LogP contribution in [0.5, 0.6) is 5.75 Å². The predicted octanol–water partition coefficient (Wildman–Crippen LogP) is 5.38. The molecule has 1 heterocycles. The topological polar surface area (TPSA) is 24.8 Å². The molecule has 3 aromatic carbocycles. The van der Waals surface area contributed by atoms with E-state index in [0.717, 1.165) is 23.7 Å². The van der Waals surface area contributed by atoms with Crippen LogP contribution in [-0.4, -0.2) is 12.9 Å². The van der Waals surface area contributed by atoms with Crippen LogP contribution in [0, 0.1) is 0 Å². The van der Waals surface area contributed by atoms with Gasteiger partial charge in [-0.1, -0.05) is 48.5 Å². The highest BCUT2D eigenvalue weighted by atomic mass is 16.5. The van der Waals surface area contributed by atoms with Crippen LogP contribution in [0.25, 0.3) is 0 Å². The second-order valence-electron chi connectivity index (χ2n) is 6.06. The molecule has 1 aliphatic heterocycles. The van der Waals surface area contributed by atoms with E-state index in [1.807, 2.05) is 48.5 Å². The van der Waals surface area contributed by atoms with Crippen molar-refractivity contribution in [1.29, 1.82) is 0 Å². The fraction of sp³-hybridized carbons (Fsp3) is 0.136. The lowest BCUT2D eigenvalue weighted by Crippen LogP contribution is -2.46. The third-order valence-electron chi connectivity index (χ3n) is 4.51. The number of amidine groups is 1. The third-order valence-corrected chi connectivity index (χ3v) is 4.51. The van der Waals surface area contributed by atoms with E-state index >= 15 is 0 Å². The Morgan fingerprint density at radius 2 is 1.48 bits per heavy atom. The maximum atomic E-state index is 5.27. The molecule has 0 aromatic heterocycles. The van der Waals surface area contributed by atoms with Gasteiger partial charge in [0.05, 0.1) is 18.8 Å². The molecule has 1 aliphatic rings. The number of rotatable bonds is 4. The molecule has 0 amide bonds. The summed E-state index contributed by atoms with van der Waals surface area (Å²) in [5.41, 5.74) is 3.44. The number of aliphatic imine (C=N–C) groups is 1. The monoisotopic (exact) mass is 328 g/mol. The van der Waals surface area contributed by atoms with Crippen molar-refractivity contribution in [2.24, 2.45) is 4.99 Å². The Morgan fingerprint density at radius 1 is 0.840 bits per heavy atom. The summed E-state index contributed by atoms with van der Waals surface area (Å²) in [6.45, 7) is 0. The SMILES string of the molecule is COc1ccc(C2CC(=Nc3ccccc3)N2c2ccccc2)cc1. The molecule has 4 rings (SSSR count). The summed E-state index contributed by atoms with van der Waals surface area (Å²) in [6.07, 6.45) is 0.927. The molecule has 1 unspecified atom stereocenters. The molecule has 0 aliphatic carbocycles. The summed E-state index contributed by atoms with van der Waals surface area (Å²) in [5, 5.41) is 0. The number of para-hydroxylation sites is 2. The largest absolute Gasteiger partial charge is 0.497 e. The molecule has 0 spiro atoms. The molecule has 0 bridgehead atoms. The molecule has 0 radical (unpaired) electrons. The van der Waals surface area contributed by atoms with Gasteiger partial charge >= 0.3 is 0 Å². The van der Waals surface area contributed by atoms with E-state index in [2.05, 4.69) is 41.3 Å². The molecule has 3 nitrogen and oxygen atoms in total. The molecule has 1 saturated heterocycles. The standard InChI is InChI=1S/C22H20N2O/c1-25-20-14-12-17(13-15-20)21-16-22(23-18-8-4-2-5-9-18)24(21)19-10-6-3-7-11-19/h2-15,21H,16H2,1H3. The number of hydrogen-bond acceptors (Lipinski definition) is 2. The minimum absolute atomic E-state index is 0.302. The first-order chi connectivity index (χ1) is 12.3. The molecule has 124 valence electrons. The summed E-state index contributed by atoms with van der Waals surface area (Å²) < 4.78 is 5.27. The lowest BCUT2D eigenvalue weighted by atomic mass is 9.92. The number of anilines is 1. The average Bonchev–Trinajstić information content (AvgIpc) is 2.67. The Labute approximate surface area is 148 Å². The van der Waals surface area contributed by atoms with Crippen molar-refractivity contribution < 1.29 is 4.74 Å². The zero-order chi connectivity index (χ0) is 17.1. The Bertz CT molecular complexity index is 858. The predicted molar refractivity (Wildman–Crippen MR) is 103 cm³/mol. The summed E-state index contributed by atoms with van der Waals surface area (Å²) >= 11 is 0. The van der Waals surface area contributed by atoms with E-state index in [0.29, 0.717) is 6.04 Å². The van der Waals surface area contributed by atoms with Gasteiger partial charge in [0.25, 0.3) is 0 Å². The van der Waals surface area contributed by atoms with Gasteiger partial charge in [0, 0.05) is 12.1 Å². The molecular weight excluding hydrogens is 308 g/mol. The maximum Gasteiger partial charge on any atom is 0.118 e. The van der Waals surface area contributed by atoms with Gasteiger partial charge in [-0.3, -0.25) is 0 Å². The van der Waals surface area contributed by atoms with Gasteiger partial charge in [0.1, 0.15) is 11.6 Å². The van der Waals surface area contributed by atoms with Crippen LogP contribution >= 0.6 is 0 Å². The van der Waals surface area contributed by atoms with Crippen LogP contribution in [0.15, 0.2) is 89.9 Å². The summed E-state index contributed by atoms with van der Waals surface area (Å²) in [4.78, 5) is 7.16. The van der Waals surface area contributed by atoms with Crippen molar-refractivity contribution in [3.63, 3.8) is 0 Å². The van der Waals surface area contributed by atoms with Crippen molar-refractivity contribution in [2.75, 3.05) is 12.0 Å². The summed E-state index contributed by atoms with van der Waals surface area (Å²) in [5.74, 6) is 1.98. The minimum Gasteiger partial charge on any atom is -0.497 e. The number of methoxy groups -OCH3 is 1. The van der Waals surface area contributed by atoms with Gasteiger partial charge in [0.2, 0.25) is 0 Å². The lowest BCUT2D eigenvalue weighted by Gasteiger charge is -2.44. The van der Waals surface area contributed by atoms with E-state index in [1.54, 1.807) is 7.11 Å². The number of benzene rings is 3. The Hall–Kier alpha value is -3.07. The second kappa shape index (κ2) is 6.81. The third kappa shape index (κ3) is 3.13. The van der Waals surface area contributed by atoms with E-state index < -0.39 is 0 Å². The van der Waals surface area contributed by atoms with Crippen molar-refractivity contribution in [2.45, 2.75) is 12.5 Å². The second-order valence-corrected chi connectivity index (χ2v) is 6.06.